The van der Waals surface area contributed by atoms with E-state index in [0.717, 1.165) is 4.47 Å². The van der Waals surface area contributed by atoms with E-state index < -0.39 is 6.10 Å². The molecule has 1 N–H and O–H groups in total. The fourth-order valence-electron chi connectivity index (χ4n) is 1.24. The average Bonchev–Trinajstić information content (AvgIpc) is 2.19. The van der Waals surface area contributed by atoms with E-state index in [9.17, 15) is 4.79 Å². The van der Waals surface area contributed by atoms with Gasteiger partial charge in [0.25, 0.3) is 5.91 Å². The minimum Gasteiger partial charge on any atom is -0.481 e. The highest BCUT2D eigenvalue weighted by atomic mass is 79.9. The zero-order valence-electron chi connectivity index (χ0n) is 10.6. The Bertz CT molecular complexity index is 381. The number of halogens is 1. The summed E-state index contributed by atoms with van der Waals surface area (Å²) in [5, 5.41) is 2.88. The Kier molecular flexibility index (Phi) is 4.57. The normalized spacial score (nSPS) is 13.0. The summed E-state index contributed by atoms with van der Waals surface area (Å²) in [6.45, 7) is 7.56. The zero-order chi connectivity index (χ0) is 13.1. The Balaban J connectivity index is 2.57. The summed E-state index contributed by atoms with van der Waals surface area (Å²) in [4.78, 5) is 11.8. The first-order valence-electron chi connectivity index (χ1n) is 5.52. The van der Waals surface area contributed by atoms with Crippen molar-refractivity contribution in [3.05, 3.63) is 28.7 Å². The van der Waals surface area contributed by atoms with Crippen LogP contribution in [0.1, 0.15) is 27.7 Å². The third-order valence-corrected chi connectivity index (χ3v) is 2.52. The molecule has 0 bridgehead atoms. The van der Waals surface area contributed by atoms with Gasteiger partial charge in [0.05, 0.1) is 0 Å². The maximum Gasteiger partial charge on any atom is 0.261 e. The molecule has 4 heteroatoms. The summed E-state index contributed by atoms with van der Waals surface area (Å²) in [5.41, 5.74) is -0.242. The highest BCUT2D eigenvalue weighted by Gasteiger charge is 2.20. The van der Waals surface area contributed by atoms with E-state index in [1.54, 1.807) is 6.92 Å². The van der Waals surface area contributed by atoms with Gasteiger partial charge in [0.15, 0.2) is 6.10 Å². The second kappa shape index (κ2) is 5.54. The molecule has 0 aliphatic rings. The molecule has 1 unspecified atom stereocenters. The van der Waals surface area contributed by atoms with E-state index in [1.165, 1.54) is 0 Å². The number of nitrogens with one attached hydrogen (secondary N) is 1. The molecule has 1 aromatic rings. The van der Waals surface area contributed by atoms with Crippen molar-refractivity contribution in [2.24, 2.45) is 0 Å². The predicted octanol–water partition coefficient (Wildman–Crippen LogP) is 3.13. The van der Waals surface area contributed by atoms with Crippen LogP contribution in [0.15, 0.2) is 28.7 Å². The molecule has 0 aliphatic heterocycles. The molecule has 1 amide bonds. The van der Waals surface area contributed by atoms with Gasteiger partial charge < -0.3 is 10.1 Å². The van der Waals surface area contributed by atoms with Gasteiger partial charge in [0.2, 0.25) is 0 Å². The van der Waals surface area contributed by atoms with Crippen molar-refractivity contribution in [1.82, 2.24) is 5.32 Å². The number of amides is 1. The van der Waals surface area contributed by atoms with Gasteiger partial charge in [-0.15, -0.1) is 0 Å². The quantitative estimate of drug-likeness (QED) is 0.931. The predicted molar refractivity (Wildman–Crippen MR) is 72.1 cm³/mol. The lowest BCUT2D eigenvalue weighted by atomic mass is 10.1. The number of hydrogen-bond acceptors (Lipinski definition) is 2. The zero-order valence-corrected chi connectivity index (χ0v) is 12.2. The van der Waals surface area contributed by atoms with Crippen LogP contribution in [-0.2, 0) is 4.79 Å². The van der Waals surface area contributed by atoms with Crippen molar-refractivity contribution in [1.29, 1.82) is 0 Å². The second-order valence-corrected chi connectivity index (χ2v) is 5.87. The molecule has 0 radical (unpaired) electrons. The van der Waals surface area contributed by atoms with E-state index in [2.05, 4.69) is 21.2 Å². The average molecular weight is 300 g/mol. The van der Waals surface area contributed by atoms with E-state index in [-0.39, 0.29) is 11.4 Å². The van der Waals surface area contributed by atoms with Crippen molar-refractivity contribution in [2.75, 3.05) is 0 Å². The van der Waals surface area contributed by atoms with Gasteiger partial charge in [-0.25, -0.2) is 0 Å². The fraction of sp³-hybridized carbons (Fsp3) is 0.462. The van der Waals surface area contributed by atoms with Crippen molar-refractivity contribution < 1.29 is 9.53 Å². The molecule has 0 heterocycles. The summed E-state index contributed by atoms with van der Waals surface area (Å²) < 4.78 is 6.53. The van der Waals surface area contributed by atoms with Crippen molar-refractivity contribution >= 4 is 21.8 Å². The molecule has 0 fully saturated rings. The number of rotatable bonds is 3. The van der Waals surface area contributed by atoms with Crippen molar-refractivity contribution in [3.8, 4) is 5.75 Å². The van der Waals surface area contributed by atoms with Crippen LogP contribution in [0.5, 0.6) is 5.75 Å². The Hall–Kier alpha value is -1.03. The number of benzene rings is 1. The van der Waals surface area contributed by atoms with E-state index >= 15 is 0 Å². The van der Waals surface area contributed by atoms with Gasteiger partial charge in [-0.3, -0.25) is 4.79 Å². The fourth-order valence-corrected chi connectivity index (χ4v) is 1.51. The first-order valence-corrected chi connectivity index (χ1v) is 6.31. The minimum atomic E-state index is -0.504. The van der Waals surface area contributed by atoms with Crippen LogP contribution in [0.4, 0.5) is 0 Å². The number of carbonyl (C=O) groups excluding carboxylic acids is 1. The first-order chi connectivity index (χ1) is 7.78. The molecular formula is C13H18BrNO2. The highest BCUT2D eigenvalue weighted by molar-refractivity contribution is 9.10. The van der Waals surface area contributed by atoms with E-state index in [0.29, 0.717) is 5.75 Å². The molecule has 0 spiro atoms. The molecule has 0 aromatic heterocycles. The SMILES string of the molecule is CC(Oc1ccc(Br)cc1)C(=O)NC(C)(C)C. The van der Waals surface area contributed by atoms with Crippen LogP contribution >= 0.6 is 15.9 Å². The lowest BCUT2D eigenvalue weighted by Crippen LogP contribution is -2.46. The first kappa shape index (κ1) is 14.0. The molecule has 3 nitrogen and oxygen atoms in total. The molecule has 0 aliphatic carbocycles. The molecule has 1 atom stereocenters. The Morgan fingerprint density at radius 1 is 1.29 bits per heavy atom. The van der Waals surface area contributed by atoms with Crippen molar-refractivity contribution in [2.45, 2.75) is 39.3 Å². The van der Waals surface area contributed by atoms with Gasteiger partial charge in [-0.05, 0) is 52.0 Å². The van der Waals surface area contributed by atoms with Gasteiger partial charge >= 0.3 is 0 Å². The van der Waals surface area contributed by atoms with Crippen LogP contribution in [0, 0.1) is 0 Å². The number of carbonyl (C=O) groups is 1. The Morgan fingerprint density at radius 3 is 2.29 bits per heavy atom. The van der Waals surface area contributed by atoms with Crippen molar-refractivity contribution in [3.63, 3.8) is 0 Å². The second-order valence-electron chi connectivity index (χ2n) is 4.95. The topological polar surface area (TPSA) is 38.3 Å². The Morgan fingerprint density at radius 2 is 1.82 bits per heavy atom. The lowest BCUT2D eigenvalue weighted by Gasteiger charge is -2.23. The third-order valence-electron chi connectivity index (χ3n) is 1.99. The number of ether oxygens (including phenoxy) is 1. The minimum absolute atomic E-state index is 0.111. The summed E-state index contributed by atoms with van der Waals surface area (Å²) in [7, 11) is 0. The molecule has 0 saturated carbocycles. The molecule has 0 saturated heterocycles. The smallest absolute Gasteiger partial charge is 0.261 e. The van der Waals surface area contributed by atoms with Crippen LogP contribution in [-0.4, -0.2) is 17.6 Å². The number of hydrogen-bond donors (Lipinski definition) is 1. The molecule has 94 valence electrons. The van der Waals surface area contributed by atoms with Crippen LogP contribution in [0.2, 0.25) is 0 Å². The molecular weight excluding hydrogens is 282 g/mol. The standard InChI is InChI=1S/C13H18BrNO2/c1-9(12(16)15-13(2,3)4)17-11-7-5-10(14)6-8-11/h5-9H,1-4H3,(H,15,16). The maximum absolute atomic E-state index is 11.8. The Labute approximate surface area is 111 Å². The summed E-state index contributed by atoms with van der Waals surface area (Å²) in [6.07, 6.45) is -0.504. The van der Waals surface area contributed by atoms with Crippen LogP contribution < -0.4 is 10.1 Å². The van der Waals surface area contributed by atoms with E-state index in [1.807, 2.05) is 45.0 Å². The summed E-state index contributed by atoms with van der Waals surface area (Å²) in [6, 6.07) is 7.41. The van der Waals surface area contributed by atoms with E-state index in [4.69, 9.17) is 4.74 Å². The summed E-state index contributed by atoms with van der Waals surface area (Å²) in [5.74, 6) is 0.574. The summed E-state index contributed by atoms with van der Waals surface area (Å²) >= 11 is 3.35. The monoisotopic (exact) mass is 299 g/mol. The van der Waals surface area contributed by atoms with Crippen LogP contribution in [0.3, 0.4) is 0 Å². The lowest BCUT2D eigenvalue weighted by molar-refractivity contribution is -0.128. The third kappa shape index (κ3) is 5.22. The molecule has 1 rings (SSSR count). The van der Waals surface area contributed by atoms with Gasteiger partial charge in [-0.2, -0.15) is 0 Å². The molecule has 17 heavy (non-hydrogen) atoms. The van der Waals surface area contributed by atoms with Crippen LogP contribution in [0.25, 0.3) is 0 Å². The molecule has 1 aromatic carbocycles. The highest BCUT2D eigenvalue weighted by Crippen LogP contribution is 2.17. The van der Waals surface area contributed by atoms with Gasteiger partial charge in [0, 0.05) is 10.0 Å². The maximum atomic E-state index is 11.8. The van der Waals surface area contributed by atoms with Gasteiger partial charge in [-0.1, -0.05) is 15.9 Å². The van der Waals surface area contributed by atoms with Gasteiger partial charge in [0.1, 0.15) is 5.75 Å². The largest absolute Gasteiger partial charge is 0.481 e.